The van der Waals surface area contributed by atoms with Crippen LogP contribution in [0.3, 0.4) is 0 Å². The molecule has 1 aliphatic rings. The molecule has 10 heteroatoms. The highest BCUT2D eigenvalue weighted by Gasteiger charge is 2.28. The first-order valence-corrected chi connectivity index (χ1v) is 13.6. The van der Waals surface area contributed by atoms with Crippen molar-refractivity contribution in [2.24, 2.45) is 11.8 Å². The van der Waals surface area contributed by atoms with Crippen LogP contribution in [-0.4, -0.2) is 61.4 Å². The molecule has 4 amide bonds. The minimum Gasteiger partial charge on any atom is -0.463 e. The maximum absolute atomic E-state index is 12.7. The molecule has 1 aliphatic heterocycles. The minimum atomic E-state index is -0.836. The zero-order valence-corrected chi connectivity index (χ0v) is 24.1. The van der Waals surface area contributed by atoms with Gasteiger partial charge in [-0.25, -0.2) is 4.79 Å². The Morgan fingerprint density at radius 2 is 1.73 bits per heavy atom. The lowest BCUT2D eigenvalue weighted by Gasteiger charge is -2.22. The van der Waals surface area contributed by atoms with E-state index in [2.05, 4.69) is 34.4 Å². The van der Waals surface area contributed by atoms with E-state index in [1.54, 1.807) is 63.3 Å². The largest absolute Gasteiger partial charge is 0.463 e. The standard InChI is InChI=1S/C25H34N4O6.C6H8/c1-4-35-21(31)11-10-19(14-18-12-13-26-23(18)32)28-20(30)15-27-25(34)22(16(2)3)29-24(33)17-8-6-5-7-9-17;1-3-5-6-4-2/h5-11,16,18-19,22H,4,12-15H2,1-3H3,(H,26,32)(H,27,34)(H,28,30)(H,29,33);3-6H,1-2H2/b11-10+;6-5-. The lowest BCUT2D eigenvalue weighted by Crippen LogP contribution is -2.52. The quantitative estimate of drug-likeness (QED) is 0.155. The normalized spacial score (nSPS) is 15.7. The Hall–Kier alpha value is -4.47. The van der Waals surface area contributed by atoms with Crippen molar-refractivity contribution in [1.29, 1.82) is 0 Å². The number of esters is 1. The van der Waals surface area contributed by atoms with E-state index in [1.165, 1.54) is 12.2 Å². The number of allylic oxidation sites excluding steroid dienone is 4. The van der Waals surface area contributed by atoms with Crippen molar-refractivity contribution in [3.8, 4) is 0 Å². The molecule has 3 unspecified atom stereocenters. The molecule has 0 radical (unpaired) electrons. The number of benzene rings is 1. The lowest BCUT2D eigenvalue weighted by molar-refractivity contribution is -0.137. The first-order chi connectivity index (χ1) is 19.6. The molecule has 4 N–H and O–H groups in total. The van der Waals surface area contributed by atoms with E-state index >= 15 is 0 Å². The number of carbonyl (C=O) groups excluding carboxylic acids is 5. The highest BCUT2D eigenvalue weighted by molar-refractivity contribution is 5.98. The van der Waals surface area contributed by atoms with E-state index < -0.39 is 29.9 Å². The number of amides is 4. The topological polar surface area (TPSA) is 143 Å². The Kier molecular flexibility index (Phi) is 16.5. The summed E-state index contributed by atoms with van der Waals surface area (Å²) in [5.74, 6) is -2.53. The summed E-state index contributed by atoms with van der Waals surface area (Å²) in [5.41, 5.74) is 0.427. The Bertz CT molecular complexity index is 1090. The van der Waals surface area contributed by atoms with Crippen LogP contribution in [-0.2, 0) is 23.9 Å². The second kappa shape index (κ2) is 19.6. The number of nitrogens with one attached hydrogen (secondary N) is 4. The molecule has 1 aromatic rings. The maximum Gasteiger partial charge on any atom is 0.330 e. The van der Waals surface area contributed by atoms with Crippen LogP contribution in [0.15, 0.2) is 79.9 Å². The molecule has 1 fully saturated rings. The van der Waals surface area contributed by atoms with E-state index in [-0.39, 0.29) is 36.8 Å². The van der Waals surface area contributed by atoms with Crippen LogP contribution in [0.1, 0.15) is 44.0 Å². The fourth-order valence-electron chi connectivity index (χ4n) is 3.79. The van der Waals surface area contributed by atoms with Crippen LogP contribution >= 0.6 is 0 Å². The Labute approximate surface area is 242 Å². The van der Waals surface area contributed by atoms with E-state index in [1.807, 2.05) is 12.2 Å². The first-order valence-electron chi connectivity index (χ1n) is 13.6. The van der Waals surface area contributed by atoms with Gasteiger partial charge in [-0.2, -0.15) is 0 Å². The van der Waals surface area contributed by atoms with Gasteiger partial charge >= 0.3 is 5.97 Å². The van der Waals surface area contributed by atoms with Crippen molar-refractivity contribution < 1.29 is 28.7 Å². The van der Waals surface area contributed by atoms with Crippen molar-refractivity contribution >= 4 is 29.6 Å². The van der Waals surface area contributed by atoms with Gasteiger partial charge in [-0.05, 0) is 37.8 Å². The van der Waals surface area contributed by atoms with E-state index in [0.29, 0.717) is 24.9 Å². The van der Waals surface area contributed by atoms with Crippen molar-refractivity contribution in [3.05, 3.63) is 85.5 Å². The number of carbonyl (C=O) groups is 5. The van der Waals surface area contributed by atoms with Crippen molar-refractivity contribution in [2.45, 2.75) is 45.7 Å². The van der Waals surface area contributed by atoms with E-state index in [4.69, 9.17) is 4.74 Å². The molecule has 0 spiro atoms. The Balaban J connectivity index is 0.00000126. The summed E-state index contributed by atoms with van der Waals surface area (Å²) < 4.78 is 4.87. The van der Waals surface area contributed by atoms with Crippen LogP contribution in [0, 0.1) is 11.8 Å². The fraction of sp³-hybridized carbons (Fsp3) is 0.387. The van der Waals surface area contributed by atoms with Crippen LogP contribution in [0.4, 0.5) is 0 Å². The molecule has 0 saturated carbocycles. The third-order valence-corrected chi connectivity index (χ3v) is 5.88. The van der Waals surface area contributed by atoms with Gasteiger partial charge in [0, 0.05) is 30.1 Å². The third-order valence-electron chi connectivity index (χ3n) is 5.88. The molecule has 0 aliphatic carbocycles. The van der Waals surface area contributed by atoms with Crippen LogP contribution in [0.2, 0.25) is 0 Å². The summed E-state index contributed by atoms with van der Waals surface area (Å²) in [6, 6.07) is 7.10. The summed E-state index contributed by atoms with van der Waals surface area (Å²) >= 11 is 0. The van der Waals surface area contributed by atoms with E-state index in [0.717, 1.165) is 0 Å². The number of ether oxygens (including phenoxy) is 1. The molecular formula is C31H42N4O6. The molecule has 10 nitrogen and oxygen atoms in total. The number of hydrogen-bond donors (Lipinski definition) is 4. The summed E-state index contributed by atoms with van der Waals surface area (Å²) in [5, 5.41) is 10.7. The highest BCUT2D eigenvalue weighted by Crippen LogP contribution is 2.17. The average Bonchev–Trinajstić information content (AvgIpc) is 3.36. The SMILES string of the molecule is C=C/C=C\C=C.CCOC(=O)/C=C/C(CC1CCNC1=O)NC(=O)CNC(=O)C(NC(=O)c1ccccc1)C(C)C. The predicted molar refractivity (Wildman–Crippen MR) is 159 cm³/mol. The predicted octanol–water partition coefficient (Wildman–Crippen LogP) is 2.60. The molecule has 0 bridgehead atoms. The average molecular weight is 567 g/mol. The van der Waals surface area contributed by atoms with Crippen LogP contribution in [0.5, 0.6) is 0 Å². The van der Waals surface area contributed by atoms with Gasteiger partial charge in [0.2, 0.25) is 17.7 Å². The van der Waals surface area contributed by atoms with Crippen molar-refractivity contribution in [3.63, 3.8) is 0 Å². The maximum atomic E-state index is 12.7. The van der Waals surface area contributed by atoms with Gasteiger partial charge in [-0.1, -0.05) is 75.6 Å². The summed E-state index contributed by atoms with van der Waals surface area (Å²) in [6.45, 7) is 12.6. The smallest absolute Gasteiger partial charge is 0.330 e. The van der Waals surface area contributed by atoms with Crippen LogP contribution < -0.4 is 21.3 Å². The second-order valence-electron chi connectivity index (χ2n) is 9.43. The van der Waals surface area contributed by atoms with Gasteiger partial charge in [0.15, 0.2) is 0 Å². The molecule has 41 heavy (non-hydrogen) atoms. The lowest BCUT2D eigenvalue weighted by atomic mass is 9.98. The number of hydrogen-bond acceptors (Lipinski definition) is 6. The molecular weight excluding hydrogens is 524 g/mol. The molecule has 1 heterocycles. The molecule has 222 valence electrons. The fourth-order valence-corrected chi connectivity index (χ4v) is 3.79. The third kappa shape index (κ3) is 13.9. The van der Waals surface area contributed by atoms with Crippen molar-refractivity contribution in [2.75, 3.05) is 19.7 Å². The van der Waals surface area contributed by atoms with Gasteiger partial charge in [-0.3, -0.25) is 19.2 Å². The highest BCUT2D eigenvalue weighted by atomic mass is 16.5. The van der Waals surface area contributed by atoms with E-state index in [9.17, 15) is 24.0 Å². The first kappa shape index (κ1) is 34.6. The minimum absolute atomic E-state index is 0.101. The van der Waals surface area contributed by atoms with Crippen LogP contribution in [0.25, 0.3) is 0 Å². The van der Waals surface area contributed by atoms with Gasteiger partial charge in [0.1, 0.15) is 6.04 Å². The molecule has 1 saturated heterocycles. The summed E-state index contributed by atoms with van der Waals surface area (Å²) in [7, 11) is 0. The molecule has 3 atom stereocenters. The second-order valence-corrected chi connectivity index (χ2v) is 9.43. The van der Waals surface area contributed by atoms with Crippen molar-refractivity contribution in [1.82, 2.24) is 21.3 Å². The Morgan fingerprint density at radius 3 is 2.27 bits per heavy atom. The summed E-state index contributed by atoms with van der Waals surface area (Å²) in [4.78, 5) is 61.4. The molecule has 0 aromatic heterocycles. The monoisotopic (exact) mass is 566 g/mol. The zero-order valence-electron chi connectivity index (χ0n) is 24.1. The zero-order chi connectivity index (χ0) is 30.6. The van der Waals surface area contributed by atoms with Gasteiger partial charge < -0.3 is 26.0 Å². The summed E-state index contributed by atoms with van der Waals surface area (Å²) in [6.07, 6.45) is 10.7. The Morgan fingerprint density at radius 1 is 1.07 bits per heavy atom. The number of rotatable bonds is 14. The molecule has 2 rings (SSSR count). The molecule has 1 aromatic carbocycles. The van der Waals surface area contributed by atoms with Gasteiger partial charge in [-0.15, -0.1) is 0 Å². The van der Waals surface area contributed by atoms with Gasteiger partial charge in [0.05, 0.1) is 13.2 Å². The van der Waals surface area contributed by atoms with Gasteiger partial charge in [0.25, 0.3) is 5.91 Å².